The molecule has 5 rings (SSSR count). The van der Waals surface area contributed by atoms with Crippen molar-refractivity contribution in [1.29, 1.82) is 0 Å². The lowest BCUT2D eigenvalue weighted by atomic mass is 9.72. The number of aliphatic hydroxyl groups excluding tert-OH is 1. The molecule has 1 heterocycles. The SMILES string of the molecule is COc1cccc2c1C(=O)c1c(O)c3c(c(O)c1C2=O)CC(O)(C(=O)CN1CC=CCC1)CC3O. The van der Waals surface area contributed by atoms with Crippen molar-refractivity contribution in [2.75, 3.05) is 26.7 Å². The summed E-state index contributed by atoms with van der Waals surface area (Å²) in [6.07, 6.45) is 2.33. The summed E-state index contributed by atoms with van der Waals surface area (Å²) in [6, 6.07) is 4.45. The van der Waals surface area contributed by atoms with Gasteiger partial charge in [0.2, 0.25) is 5.78 Å². The van der Waals surface area contributed by atoms with Crippen LogP contribution in [0.2, 0.25) is 0 Å². The number of ether oxygens (including phenoxy) is 1. The Kier molecular flexibility index (Phi) is 5.51. The Labute approximate surface area is 200 Å². The van der Waals surface area contributed by atoms with Crippen LogP contribution in [0.3, 0.4) is 0 Å². The highest BCUT2D eigenvalue weighted by molar-refractivity contribution is 6.31. The molecule has 2 aliphatic carbocycles. The number of ketones is 3. The van der Waals surface area contributed by atoms with Gasteiger partial charge in [-0.1, -0.05) is 24.3 Å². The summed E-state index contributed by atoms with van der Waals surface area (Å²) in [5, 5.41) is 44.3. The number of rotatable bonds is 4. The van der Waals surface area contributed by atoms with Gasteiger partial charge in [0, 0.05) is 42.6 Å². The molecule has 0 spiro atoms. The maximum atomic E-state index is 13.4. The minimum Gasteiger partial charge on any atom is -0.507 e. The molecule has 0 aromatic heterocycles. The summed E-state index contributed by atoms with van der Waals surface area (Å²) in [6.45, 7) is 1.15. The third-order valence-electron chi connectivity index (χ3n) is 7.12. The maximum Gasteiger partial charge on any atom is 0.202 e. The second-order valence-corrected chi connectivity index (χ2v) is 9.23. The maximum absolute atomic E-state index is 13.4. The zero-order valence-electron chi connectivity index (χ0n) is 19.1. The smallest absolute Gasteiger partial charge is 0.202 e. The molecule has 0 saturated carbocycles. The number of phenols is 2. The molecule has 1 aliphatic heterocycles. The first-order valence-electron chi connectivity index (χ1n) is 11.4. The number of hydrogen-bond acceptors (Lipinski definition) is 9. The minimum atomic E-state index is -2.02. The number of benzene rings is 2. The van der Waals surface area contributed by atoms with E-state index in [0.29, 0.717) is 13.1 Å². The van der Waals surface area contributed by atoms with Gasteiger partial charge in [-0.15, -0.1) is 0 Å². The van der Waals surface area contributed by atoms with Gasteiger partial charge in [0.05, 0.1) is 36.4 Å². The van der Waals surface area contributed by atoms with Crippen LogP contribution >= 0.6 is 0 Å². The molecule has 0 bridgehead atoms. The first-order chi connectivity index (χ1) is 16.7. The van der Waals surface area contributed by atoms with E-state index in [1.807, 2.05) is 17.1 Å². The molecule has 0 fully saturated rings. The number of fused-ring (bicyclic) bond motifs is 3. The van der Waals surface area contributed by atoms with E-state index in [1.54, 1.807) is 0 Å². The van der Waals surface area contributed by atoms with Gasteiger partial charge in [0.15, 0.2) is 11.6 Å². The van der Waals surface area contributed by atoms with Crippen molar-refractivity contribution in [2.45, 2.75) is 31.0 Å². The van der Waals surface area contributed by atoms with E-state index in [2.05, 4.69) is 0 Å². The van der Waals surface area contributed by atoms with Crippen LogP contribution < -0.4 is 4.74 Å². The molecule has 9 heteroatoms. The van der Waals surface area contributed by atoms with Crippen LogP contribution in [0.15, 0.2) is 30.4 Å². The van der Waals surface area contributed by atoms with Crippen LogP contribution in [0, 0.1) is 0 Å². The summed E-state index contributed by atoms with van der Waals surface area (Å²) in [7, 11) is 1.34. The number of hydrogen-bond donors (Lipinski definition) is 4. The number of Topliss-reactive ketones (excluding diaryl/α,β-unsaturated/α-hetero) is 1. The van der Waals surface area contributed by atoms with Crippen LogP contribution in [-0.4, -0.2) is 75.0 Å². The van der Waals surface area contributed by atoms with E-state index in [1.165, 1.54) is 25.3 Å². The van der Waals surface area contributed by atoms with Crippen molar-refractivity contribution in [3.8, 4) is 17.2 Å². The van der Waals surface area contributed by atoms with Crippen LogP contribution in [-0.2, 0) is 11.2 Å². The second kappa shape index (κ2) is 8.30. The molecule has 9 nitrogen and oxygen atoms in total. The highest BCUT2D eigenvalue weighted by Crippen LogP contribution is 2.51. The lowest BCUT2D eigenvalue weighted by Gasteiger charge is -2.38. The third-order valence-corrected chi connectivity index (χ3v) is 7.12. The zero-order valence-corrected chi connectivity index (χ0v) is 19.1. The fourth-order valence-corrected chi connectivity index (χ4v) is 5.34. The Morgan fingerprint density at radius 2 is 1.86 bits per heavy atom. The Hall–Kier alpha value is -3.53. The zero-order chi connectivity index (χ0) is 25.1. The summed E-state index contributed by atoms with van der Waals surface area (Å²) in [5.74, 6) is -3.12. The molecule has 4 N–H and O–H groups in total. The second-order valence-electron chi connectivity index (χ2n) is 9.23. The average molecular weight is 479 g/mol. The van der Waals surface area contributed by atoms with Crippen molar-refractivity contribution >= 4 is 17.3 Å². The number of carbonyl (C=O) groups excluding carboxylic acids is 3. The van der Waals surface area contributed by atoms with Crippen molar-refractivity contribution in [3.63, 3.8) is 0 Å². The Morgan fingerprint density at radius 3 is 2.54 bits per heavy atom. The van der Waals surface area contributed by atoms with Gasteiger partial charge < -0.3 is 25.2 Å². The number of methoxy groups -OCH3 is 1. The Balaban J connectivity index is 1.60. The monoisotopic (exact) mass is 479 g/mol. The lowest BCUT2D eigenvalue weighted by molar-refractivity contribution is -0.143. The van der Waals surface area contributed by atoms with Gasteiger partial charge in [-0.05, 0) is 12.5 Å². The molecule has 2 atom stereocenters. The highest BCUT2D eigenvalue weighted by atomic mass is 16.5. The van der Waals surface area contributed by atoms with Gasteiger partial charge in [0.1, 0.15) is 22.8 Å². The predicted octanol–water partition coefficient (Wildman–Crippen LogP) is 1.42. The summed E-state index contributed by atoms with van der Waals surface area (Å²) in [4.78, 5) is 41.6. The van der Waals surface area contributed by atoms with Crippen molar-refractivity contribution in [1.82, 2.24) is 4.90 Å². The lowest BCUT2D eigenvalue weighted by Crippen LogP contribution is -2.50. The molecule has 0 amide bonds. The predicted molar refractivity (Wildman–Crippen MR) is 123 cm³/mol. The van der Waals surface area contributed by atoms with E-state index < -0.39 is 64.5 Å². The molecule has 0 radical (unpaired) electrons. The molecule has 182 valence electrons. The van der Waals surface area contributed by atoms with Crippen LogP contribution in [0.25, 0.3) is 0 Å². The van der Waals surface area contributed by atoms with Gasteiger partial charge in [-0.2, -0.15) is 0 Å². The number of phenolic OH excluding ortho intramolecular Hbond substituents is 2. The molecular formula is C26H25NO8. The van der Waals surface area contributed by atoms with Crippen LogP contribution in [0.1, 0.15) is 61.9 Å². The quantitative estimate of drug-likeness (QED) is 0.322. The third kappa shape index (κ3) is 3.46. The van der Waals surface area contributed by atoms with Crippen molar-refractivity contribution in [3.05, 3.63) is 63.7 Å². The van der Waals surface area contributed by atoms with Crippen molar-refractivity contribution in [2.24, 2.45) is 0 Å². The molecular weight excluding hydrogens is 454 g/mol. The van der Waals surface area contributed by atoms with Crippen molar-refractivity contribution < 1.29 is 39.5 Å². The summed E-state index contributed by atoms with van der Waals surface area (Å²) < 4.78 is 5.22. The topological polar surface area (TPSA) is 145 Å². The first kappa shape index (κ1) is 23.2. The number of aliphatic hydroxyl groups is 2. The van der Waals surface area contributed by atoms with E-state index in [-0.39, 0.29) is 34.5 Å². The molecule has 2 unspecified atom stereocenters. The van der Waals surface area contributed by atoms with Gasteiger partial charge in [0.25, 0.3) is 0 Å². The molecule has 0 saturated heterocycles. The summed E-state index contributed by atoms with van der Waals surface area (Å²) >= 11 is 0. The van der Waals surface area contributed by atoms with E-state index >= 15 is 0 Å². The largest absolute Gasteiger partial charge is 0.507 e. The normalized spacial score (nSPS) is 23.5. The number of carbonyl (C=O) groups is 3. The fraction of sp³-hybridized carbons (Fsp3) is 0.346. The molecule has 3 aliphatic rings. The standard InChI is InChI=1S/C26H25NO8/c1-35-16-7-5-6-13-19(16)25(33)21-20(22(13)30)23(31)14-10-26(34,11-15(28)18(14)24(21)32)17(29)12-27-8-3-2-4-9-27/h2-3,5-7,15,28,31-32,34H,4,8-12H2,1H3. The molecule has 2 aromatic carbocycles. The van der Waals surface area contributed by atoms with Gasteiger partial charge in [-0.3, -0.25) is 19.3 Å². The molecule has 35 heavy (non-hydrogen) atoms. The highest BCUT2D eigenvalue weighted by Gasteiger charge is 2.48. The minimum absolute atomic E-state index is 0.00245. The van der Waals surface area contributed by atoms with E-state index in [9.17, 15) is 34.8 Å². The fourth-order valence-electron chi connectivity index (χ4n) is 5.34. The number of aromatic hydroxyl groups is 2. The first-order valence-corrected chi connectivity index (χ1v) is 11.4. The van der Waals surface area contributed by atoms with E-state index in [4.69, 9.17) is 4.74 Å². The number of nitrogens with zero attached hydrogens (tertiary/aromatic N) is 1. The van der Waals surface area contributed by atoms with E-state index in [0.717, 1.165) is 6.42 Å². The molecule has 2 aromatic rings. The van der Waals surface area contributed by atoms with Crippen LogP contribution in [0.4, 0.5) is 0 Å². The Bertz CT molecular complexity index is 1310. The average Bonchev–Trinajstić information content (AvgIpc) is 2.84. The van der Waals surface area contributed by atoms with Gasteiger partial charge in [-0.25, -0.2) is 0 Å². The Morgan fingerprint density at radius 1 is 1.11 bits per heavy atom. The van der Waals surface area contributed by atoms with Gasteiger partial charge >= 0.3 is 0 Å². The summed E-state index contributed by atoms with van der Waals surface area (Å²) in [5.41, 5.74) is -3.21. The van der Waals surface area contributed by atoms with Crippen LogP contribution in [0.5, 0.6) is 17.2 Å².